The van der Waals surface area contributed by atoms with Crippen LogP contribution in [0, 0.1) is 11.8 Å². The maximum Gasteiger partial charge on any atom is 0.307 e. The first-order chi connectivity index (χ1) is 7.75. The highest BCUT2D eigenvalue weighted by atomic mass is 16.4. The van der Waals surface area contributed by atoms with Gasteiger partial charge in [0, 0.05) is 0 Å². The molecule has 0 bridgehead atoms. The molecule has 2 heteroatoms. The fourth-order valence-corrected chi connectivity index (χ4v) is 2.25. The summed E-state index contributed by atoms with van der Waals surface area (Å²) in [5.41, 5.74) is 1.04. The molecule has 16 heavy (non-hydrogen) atoms. The van der Waals surface area contributed by atoms with E-state index in [0.717, 1.165) is 18.4 Å². The lowest BCUT2D eigenvalue weighted by Crippen LogP contribution is -2.06. The van der Waals surface area contributed by atoms with Crippen LogP contribution < -0.4 is 0 Å². The maximum absolute atomic E-state index is 10.7. The highest BCUT2D eigenvalue weighted by molar-refractivity contribution is 5.70. The summed E-state index contributed by atoms with van der Waals surface area (Å²) in [6.45, 7) is 0. The van der Waals surface area contributed by atoms with Gasteiger partial charge in [-0.3, -0.25) is 4.79 Å². The lowest BCUT2D eigenvalue weighted by atomic mass is 9.91. The van der Waals surface area contributed by atoms with Crippen LogP contribution in [-0.4, -0.2) is 11.1 Å². The van der Waals surface area contributed by atoms with Crippen molar-refractivity contribution in [3.05, 3.63) is 48.1 Å². The summed E-state index contributed by atoms with van der Waals surface area (Å²) in [7, 11) is 0. The molecular weight excluding hydrogens is 200 g/mol. The molecule has 2 nitrogen and oxygen atoms in total. The van der Waals surface area contributed by atoms with Gasteiger partial charge in [0.1, 0.15) is 0 Å². The first-order valence-corrected chi connectivity index (χ1v) is 5.70. The highest BCUT2D eigenvalue weighted by Crippen LogP contribution is 2.29. The molecule has 1 N–H and O–H groups in total. The van der Waals surface area contributed by atoms with Crippen LogP contribution in [0.1, 0.15) is 19.3 Å². The molecule has 0 heterocycles. The first-order valence-electron chi connectivity index (χ1n) is 5.70. The van der Waals surface area contributed by atoms with E-state index in [0.29, 0.717) is 11.8 Å². The Hall–Kier alpha value is -1.57. The minimum atomic E-state index is -0.736. The fourth-order valence-electron chi connectivity index (χ4n) is 2.25. The quantitative estimate of drug-likeness (QED) is 0.766. The fraction of sp³-hybridized carbons (Fsp3) is 0.357. The number of rotatable bonds is 5. The summed E-state index contributed by atoms with van der Waals surface area (Å²) >= 11 is 0. The summed E-state index contributed by atoms with van der Waals surface area (Å²) in [6.07, 6.45) is 16.9. The third kappa shape index (κ3) is 2.72. The van der Waals surface area contributed by atoms with E-state index < -0.39 is 5.97 Å². The molecule has 0 saturated heterocycles. The minimum absolute atomic E-state index is 0.175. The predicted octanol–water partition coefficient (Wildman–Crippen LogP) is 3.10. The van der Waals surface area contributed by atoms with Gasteiger partial charge in [0.25, 0.3) is 0 Å². The van der Waals surface area contributed by atoms with Crippen molar-refractivity contribution in [3.8, 4) is 0 Å². The molecule has 84 valence electrons. The number of aliphatic carboxylic acids is 1. The summed E-state index contributed by atoms with van der Waals surface area (Å²) in [5, 5.41) is 8.78. The molecule has 0 saturated carbocycles. The van der Waals surface area contributed by atoms with Crippen molar-refractivity contribution in [2.24, 2.45) is 11.8 Å². The molecule has 2 aliphatic carbocycles. The van der Waals surface area contributed by atoms with Crippen LogP contribution in [0.3, 0.4) is 0 Å². The van der Waals surface area contributed by atoms with E-state index in [9.17, 15) is 4.79 Å². The largest absolute Gasteiger partial charge is 0.481 e. The second-order valence-corrected chi connectivity index (χ2v) is 4.31. The van der Waals surface area contributed by atoms with Crippen molar-refractivity contribution in [1.82, 2.24) is 0 Å². The molecule has 1 atom stereocenters. The van der Waals surface area contributed by atoms with Gasteiger partial charge in [0.05, 0.1) is 6.42 Å². The standard InChI is InChI=1S/C14H16O2/c15-14(16)10-13-7-3-6-12(13)9-8-11-4-1-2-5-11/h1-7,11-12H,8-10H2,(H,15,16). The Labute approximate surface area is 95.7 Å². The number of carboxylic acid groups (broad SMARTS) is 1. The Bertz CT molecular complexity index is 374. The van der Waals surface area contributed by atoms with Crippen molar-refractivity contribution in [3.63, 3.8) is 0 Å². The molecule has 2 aliphatic rings. The molecule has 0 aromatic carbocycles. The molecule has 0 spiro atoms. The van der Waals surface area contributed by atoms with Crippen molar-refractivity contribution in [1.29, 1.82) is 0 Å². The molecular formula is C14H16O2. The minimum Gasteiger partial charge on any atom is -0.481 e. The van der Waals surface area contributed by atoms with Gasteiger partial charge in [-0.2, -0.15) is 0 Å². The molecule has 0 fully saturated rings. The van der Waals surface area contributed by atoms with E-state index in [2.05, 4.69) is 30.4 Å². The topological polar surface area (TPSA) is 37.3 Å². The van der Waals surface area contributed by atoms with Crippen LogP contribution in [-0.2, 0) is 4.79 Å². The monoisotopic (exact) mass is 216 g/mol. The van der Waals surface area contributed by atoms with Crippen LogP contribution in [0.2, 0.25) is 0 Å². The van der Waals surface area contributed by atoms with Gasteiger partial charge in [0.15, 0.2) is 0 Å². The van der Waals surface area contributed by atoms with Gasteiger partial charge in [-0.1, -0.05) is 48.1 Å². The van der Waals surface area contributed by atoms with Crippen molar-refractivity contribution in [2.45, 2.75) is 19.3 Å². The van der Waals surface area contributed by atoms with Gasteiger partial charge in [0.2, 0.25) is 0 Å². The smallest absolute Gasteiger partial charge is 0.307 e. The van der Waals surface area contributed by atoms with E-state index in [1.165, 1.54) is 0 Å². The molecule has 0 aliphatic heterocycles. The second kappa shape index (κ2) is 4.97. The van der Waals surface area contributed by atoms with Crippen molar-refractivity contribution >= 4 is 5.97 Å². The molecule has 0 radical (unpaired) electrons. The summed E-state index contributed by atoms with van der Waals surface area (Å²) in [4.78, 5) is 10.7. The van der Waals surface area contributed by atoms with E-state index in [1.54, 1.807) is 0 Å². The van der Waals surface area contributed by atoms with Gasteiger partial charge in [-0.25, -0.2) is 0 Å². The number of carboxylic acids is 1. The SMILES string of the molecule is O=C(O)CC1=CC=CC1CCC1C=CC=C1. The third-order valence-electron chi connectivity index (χ3n) is 3.12. The summed E-state index contributed by atoms with van der Waals surface area (Å²) < 4.78 is 0. The Kier molecular flexibility index (Phi) is 3.40. The summed E-state index contributed by atoms with van der Waals surface area (Å²) in [6, 6.07) is 0. The van der Waals surface area contributed by atoms with Gasteiger partial charge in [-0.05, 0) is 24.7 Å². The van der Waals surface area contributed by atoms with E-state index in [-0.39, 0.29) is 6.42 Å². The molecule has 2 rings (SSSR count). The van der Waals surface area contributed by atoms with E-state index >= 15 is 0 Å². The van der Waals surface area contributed by atoms with Crippen molar-refractivity contribution < 1.29 is 9.90 Å². The molecule has 0 amide bonds. The molecule has 1 unspecified atom stereocenters. The Morgan fingerprint density at radius 1 is 1.12 bits per heavy atom. The summed E-state index contributed by atoms with van der Waals surface area (Å²) in [5.74, 6) is 0.138. The van der Waals surface area contributed by atoms with Crippen LogP contribution in [0.25, 0.3) is 0 Å². The van der Waals surface area contributed by atoms with E-state index in [4.69, 9.17) is 5.11 Å². The Morgan fingerprint density at radius 3 is 2.56 bits per heavy atom. The predicted molar refractivity (Wildman–Crippen MR) is 64.0 cm³/mol. The highest BCUT2D eigenvalue weighted by Gasteiger charge is 2.18. The molecule has 0 aromatic heterocycles. The average molecular weight is 216 g/mol. The van der Waals surface area contributed by atoms with Crippen molar-refractivity contribution in [2.75, 3.05) is 0 Å². The van der Waals surface area contributed by atoms with Crippen LogP contribution >= 0.6 is 0 Å². The Morgan fingerprint density at radius 2 is 1.88 bits per heavy atom. The van der Waals surface area contributed by atoms with Gasteiger partial charge < -0.3 is 5.11 Å². The van der Waals surface area contributed by atoms with Gasteiger partial charge in [-0.15, -0.1) is 0 Å². The number of hydrogen-bond acceptors (Lipinski definition) is 1. The zero-order valence-electron chi connectivity index (χ0n) is 9.17. The lowest BCUT2D eigenvalue weighted by Gasteiger charge is -2.13. The Balaban J connectivity index is 1.82. The second-order valence-electron chi connectivity index (χ2n) is 4.31. The first kappa shape index (κ1) is 10.9. The lowest BCUT2D eigenvalue weighted by molar-refractivity contribution is -0.136. The third-order valence-corrected chi connectivity index (χ3v) is 3.12. The zero-order valence-corrected chi connectivity index (χ0v) is 9.17. The van der Waals surface area contributed by atoms with E-state index in [1.807, 2.05) is 12.2 Å². The van der Waals surface area contributed by atoms with Crippen LogP contribution in [0.5, 0.6) is 0 Å². The van der Waals surface area contributed by atoms with Gasteiger partial charge >= 0.3 is 5.97 Å². The number of hydrogen-bond donors (Lipinski definition) is 1. The maximum atomic E-state index is 10.7. The number of allylic oxidation sites excluding steroid dienone is 7. The average Bonchev–Trinajstić information content (AvgIpc) is 2.84. The zero-order chi connectivity index (χ0) is 11.4. The molecule has 0 aromatic rings. The van der Waals surface area contributed by atoms with Crippen LogP contribution in [0.4, 0.5) is 0 Å². The normalized spacial score (nSPS) is 23.0. The van der Waals surface area contributed by atoms with Crippen LogP contribution in [0.15, 0.2) is 48.1 Å². The number of carbonyl (C=O) groups is 1.